The van der Waals surface area contributed by atoms with Gasteiger partial charge in [0.25, 0.3) is 0 Å². The zero-order valence-corrected chi connectivity index (χ0v) is 25.4. The zero-order valence-electron chi connectivity index (χ0n) is 25.4. The highest BCUT2D eigenvalue weighted by Crippen LogP contribution is 2.36. The first-order valence-corrected chi connectivity index (χ1v) is 14.9. The fraction of sp³-hybridized carbons (Fsp3) is 0.158. The Morgan fingerprint density at radius 3 is 1.81 bits per heavy atom. The summed E-state index contributed by atoms with van der Waals surface area (Å²) in [6.45, 7) is 2.02. The number of halogens is 9. The van der Waals surface area contributed by atoms with Gasteiger partial charge in [-0.05, 0) is 101 Å². The predicted octanol–water partition coefficient (Wildman–Crippen LogP) is 12.0. The molecular formula is C38H27F9O. The van der Waals surface area contributed by atoms with Crippen LogP contribution in [0, 0.1) is 40.7 Å². The number of aryl methyl sites for hydroxylation is 1. The molecule has 0 aromatic heterocycles. The number of hydrogen-bond donors (Lipinski definition) is 0. The second-order valence-corrected chi connectivity index (χ2v) is 11.1. The second kappa shape index (κ2) is 14.4. The van der Waals surface area contributed by atoms with E-state index in [9.17, 15) is 35.1 Å². The minimum absolute atomic E-state index is 0.141. The molecule has 5 rings (SSSR count). The summed E-state index contributed by atoms with van der Waals surface area (Å²) in [5.74, 6) is -8.99. The van der Waals surface area contributed by atoms with Gasteiger partial charge in [0.1, 0.15) is 29.0 Å². The van der Waals surface area contributed by atoms with E-state index in [0.29, 0.717) is 35.2 Å². The van der Waals surface area contributed by atoms with Crippen molar-refractivity contribution in [2.75, 3.05) is 0 Å². The molecule has 0 aliphatic heterocycles. The van der Waals surface area contributed by atoms with Crippen molar-refractivity contribution in [1.29, 1.82) is 0 Å². The Balaban J connectivity index is 1.30. The van der Waals surface area contributed by atoms with E-state index in [4.69, 9.17) is 4.74 Å². The van der Waals surface area contributed by atoms with Crippen LogP contribution in [0.15, 0.2) is 84.9 Å². The number of rotatable bonds is 11. The molecule has 0 N–H and O–H groups in total. The Kier molecular flexibility index (Phi) is 10.3. The smallest absolute Gasteiger partial charge is 0.429 e. The van der Waals surface area contributed by atoms with Gasteiger partial charge in [-0.3, -0.25) is 0 Å². The van der Waals surface area contributed by atoms with Gasteiger partial charge in [0.15, 0.2) is 17.5 Å². The number of alkyl halides is 2. The fourth-order valence-electron chi connectivity index (χ4n) is 5.13. The molecule has 1 nitrogen and oxygen atoms in total. The van der Waals surface area contributed by atoms with Crippen molar-refractivity contribution in [3.8, 4) is 28.0 Å². The van der Waals surface area contributed by atoms with E-state index in [0.717, 1.165) is 61.7 Å². The maximum absolute atomic E-state index is 15.2. The predicted molar refractivity (Wildman–Crippen MR) is 167 cm³/mol. The lowest BCUT2D eigenvalue weighted by Gasteiger charge is -2.19. The normalized spacial score (nSPS) is 11.8. The molecule has 0 aliphatic rings. The van der Waals surface area contributed by atoms with Crippen LogP contribution in [0.5, 0.6) is 5.75 Å². The fourth-order valence-corrected chi connectivity index (χ4v) is 5.13. The van der Waals surface area contributed by atoms with Gasteiger partial charge >= 0.3 is 6.11 Å². The summed E-state index contributed by atoms with van der Waals surface area (Å²) < 4.78 is 134. The maximum Gasteiger partial charge on any atom is 0.429 e. The molecular weight excluding hydrogens is 643 g/mol. The number of hydrogen-bond acceptors (Lipinski definition) is 1. The van der Waals surface area contributed by atoms with E-state index in [1.165, 1.54) is 42.5 Å². The van der Waals surface area contributed by atoms with Crippen molar-refractivity contribution >= 4 is 12.2 Å². The van der Waals surface area contributed by atoms with Gasteiger partial charge in [-0.25, -0.2) is 30.7 Å². The Hall–Kier alpha value is -4.99. The standard InChI is InChI=1S/C38H27F9O/c1-2-3-4-5-22-7-15-30(34(42)16-22)38(46,47)48-27-11-8-24(9-12-27)25-10-14-28(31(39)19-25)26-20-32(40)29(33(41)21-26)13-6-23-17-35(43)37(45)36(44)18-23/h6-21H,2-5H2,1H3. The summed E-state index contributed by atoms with van der Waals surface area (Å²) >= 11 is 0. The van der Waals surface area contributed by atoms with E-state index in [2.05, 4.69) is 0 Å². The Bertz CT molecular complexity index is 1920. The van der Waals surface area contributed by atoms with Crippen molar-refractivity contribution in [2.24, 2.45) is 0 Å². The third-order valence-corrected chi connectivity index (χ3v) is 7.66. The van der Waals surface area contributed by atoms with E-state index in [1.54, 1.807) is 0 Å². The lowest BCUT2D eigenvalue weighted by molar-refractivity contribution is -0.187. The highest BCUT2D eigenvalue weighted by Gasteiger charge is 2.37. The molecule has 0 spiro atoms. The molecule has 248 valence electrons. The van der Waals surface area contributed by atoms with Crippen molar-refractivity contribution in [3.05, 3.63) is 148 Å². The highest BCUT2D eigenvalue weighted by molar-refractivity contribution is 5.75. The molecule has 0 aliphatic carbocycles. The van der Waals surface area contributed by atoms with Gasteiger partial charge in [0.2, 0.25) is 0 Å². The van der Waals surface area contributed by atoms with E-state index >= 15 is 4.39 Å². The van der Waals surface area contributed by atoms with E-state index in [1.807, 2.05) is 6.92 Å². The first-order valence-electron chi connectivity index (χ1n) is 14.9. The molecule has 0 unspecified atom stereocenters. The summed E-state index contributed by atoms with van der Waals surface area (Å²) in [6, 6.07) is 15.7. The van der Waals surface area contributed by atoms with Gasteiger partial charge in [0.05, 0.1) is 5.56 Å². The molecule has 0 bridgehead atoms. The van der Waals surface area contributed by atoms with Crippen LogP contribution < -0.4 is 4.74 Å². The Labute approximate surface area is 270 Å². The number of ether oxygens (including phenoxy) is 1. The first kappa shape index (κ1) is 34.3. The molecule has 0 heterocycles. The Morgan fingerprint density at radius 1 is 0.583 bits per heavy atom. The third-order valence-electron chi connectivity index (χ3n) is 7.66. The quantitative estimate of drug-likeness (QED) is 0.0588. The molecule has 0 radical (unpaired) electrons. The molecule has 0 atom stereocenters. The van der Waals surface area contributed by atoms with E-state index < -0.39 is 58.0 Å². The molecule has 48 heavy (non-hydrogen) atoms. The van der Waals surface area contributed by atoms with Gasteiger partial charge in [-0.15, -0.1) is 0 Å². The molecule has 0 saturated carbocycles. The van der Waals surface area contributed by atoms with Crippen molar-refractivity contribution in [2.45, 2.75) is 38.7 Å². The summed E-state index contributed by atoms with van der Waals surface area (Å²) in [7, 11) is 0. The SMILES string of the molecule is CCCCCc1ccc(C(F)(F)Oc2ccc(-c3ccc(-c4cc(F)c(C=Cc5cc(F)c(F)c(F)c5)c(F)c4)c(F)c3)cc2)c(F)c1. The van der Waals surface area contributed by atoms with E-state index in [-0.39, 0.29) is 22.4 Å². The molecule has 0 amide bonds. The molecule has 5 aromatic rings. The topological polar surface area (TPSA) is 9.23 Å². The van der Waals surface area contributed by atoms with Gasteiger partial charge in [-0.2, -0.15) is 8.78 Å². The largest absolute Gasteiger partial charge is 0.429 e. The van der Waals surface area contributed by atoms with Crippen LogP contribution in [-0.4, -0.2) is 0 Å². The molecule has 0 saturated heterocycles. The number of unbranched alkanes of at least 4 members (excludes halogenated alkanes) is 2. The van der Waals surface area contributed by atoms with Crippen LogP contribution >= 0.6 is 0 Å². The number of benzene rings is 5. The molecule has 5 aromatic carbocycles. The molecule has 0 fully saturated rings. The van der Waals surface area contributed by atoms with Crippen molar-refractivity contribution < 1.29 is 44.3 Å². The van der Waals surface area contributed by atoms with Crippen LogP contribution in [0.4, 0.5) is 39.5 Å². The summed E-state index contributed by atoms with van der Waals surface area (Å²) in [6.07, 6.45) is 1.25. The van der Waals surface area contributed by atoms with Crippen LogP contribution in [0.2, 0.25) is 0 Å². The average Bonchev–Trinajstić information content (AvgIpc) is 3.03. The van der Waals surface area contributed by atoms with Gasteiger partial charge < -0.3 is 4.74 Å². The molecule has 10 heteroatoms. The summed E-state index contributed by atoms with van der Waals surface area (Å²) in [5, 5.41) is 0. The lowest BCUT2D eigenvalue weighted by atomic mass is 9.98. The van der Waals surface area contributed by atoms with Crippen LogP contribution in [-0.2, 0) is 12.5 Å². The van der Waals surface area contributed by atoms with Crippen LogP contribution in [0.3, 0.4) is 0 Å². The van der Waals surface area contributed by atoms with Gasteiger partial charge in [-0.1, -0.05) is 56.2 Å². The second-order valence-electron chi connectivity index (χ2n) is 11.1. The third kappa shape index (κ3) is 7.75. The highest BCUT2D eigenvalue weighted by atomic mass is 19.3. The average molecular weight is 671 g/mol. The van der Waals surface area contributed by atoms with Crippen LogP contribution in [0.25, 0.3) is 34.4 Å². The minimum Gasteiger partial charge on any atom is -0.429 e. The summed E-state index contributed by atoms with van der Waals surface area (Å²) in [5.41, 5.74) is -0.603. The lowest BCUT2D eigenvalue weighted by Crippen LogP contribution is -2.23. The first-order chi connectivity index (χ1) is 22.9. The minimum atomic E-state index is -3.96. The van der Waals surface area contributed by atoms with Crippen molar-refractivity contribution in [3.63, 3.8) is 0 Å². The monoisotopic (exact) mass is 670 g/mol. The maximum atomic E-state index is 15.2. The van der Waals surface area contributed by atoms with Crippen molar-refractivity contribution in [1.82, 2.24) is 0 Å². The van der Waals surface area contributed by atoms with Crippen LogP contribution in [0.1, 0.15) is 48.4 Å². The van der Waals surface area contributed by atoms with Gasteiger partial charge in [0, 0.05) is 11.1 Å². The summed E-state index contributed by atoms with van der Waals surface area (Å²) in [4.78, 5) is 0. The zero-order chi connectivity index (χ0) is 34.6. The Morgan fingerprint density at radius 2 is 1.21 bits per heavy atom.